The van der Waals surface area contributed by atoms with Gasteiger partial charge in [-0.05, 0) is 18.6 Å². The van der Waals surface area contributed by atoms with Crippen LogP contribution in [0.1, 0.15) is 40.2 Å². The molecule has 10 atom stereocenters. The van der Waals surface area contributed by atoms with E-state index in [4.69, 9.17) is 33.3 Å². The van der Waals surface area contributed by atoms with Crippen LogP contribution in [-0.2, 0) is 59.0 Å². The molecule has 1 saturated carbocycles. The second-order valence-electron chi connectivity index (χ2n) is 11.8. The van der Waals surface area contributed by atoms with Crippen LogP contribution >= 0.6 is 0 Å². The summed E-state index contributed by atoms with van der Waals surface area (Å²) >= 11 is 0. The molecule has 3 fully saturated rings. The highest BCUT2D eigenvalue weighted by Crippen LogP contribution is 2.46. The largest absolute Gasteiger partial charge is 0.463 e. The van der Waals surface area contributed by atoms with Gasteiger partial charge in [0.15, 0.2) is 12.2 Å². The number of hydrogen-bond donors (Lipinski definition) is 1. The SMILES string of the molecule is CC(=O)OC[C@H]1O[C@@H](O/N=C2/[C@H]3CCn4c(=O)n(-c5ccccc5)c(=O)n4C3[C@H](O)[C@@H]3O[C@H]23)[C@H](OC(C)=O)[C@@H](OC(C)=O)[C@@H]1OC(C)=O. The fraction of sp³-hybridized carbons (Fsp3) is 0.567. The number of ether oxygens (including phenoxy) is 6. The summed E-state index contributed by atoms with van der Waals surface area (Å²) in [4.78, 5) is 80.9. The highest BCUT2D eigenvalue weighted by atomic mass is 16.8. The van der Waals surface area contributed by atoms with Crippen LogP contribution < -0.4 is 11.4 Å². The Hall–Kier alpha value is -4.81. The number of carbonyl (C=O) groups is 4. The highest BCUT2D eigenvalue weighted by molar-refractivity contribution is 5.94. The zero-order valence-corrected chi connectivity index (χ0v) is 26.3. The van der Waals surface area contributed by atoms with E-state index in [1.807, 2.05) is 0 Å². The minimum Gasteiger partial charge on any atom is -0.463 e. The second-order valence-corrected chi connectivity index (χ2v) is 11.8. The Kier molecular flexibility index (Phi) is 8.97. The zero-order chi connectivity index (χ0) is 34.4. The van der Waals surface area contributed by atoms with Crippen molar-refractivity contribution in [2.45, 2.75) is 95.7 Å². The van der Waals surface area contributed by atoms with Crippen LogP contribution in [0, 0.1) is 5.92 Å². The molecule has 2 aromatic rings. The van der Waals surface area contributed by atoms with E-state index in [9.17, 15) is 33.9 Å². The predicted octanol–water partition coefficient (Wildman–Crippen LogP) is -1.04. The number of aliphatic hydroxyl groups excluding tert-OH is 1. The van der Waals surface area contributed by atoms with Crippen molar-refractivity contribution in [2.24, 2.45) is 11.1 Å². The number of aliphatic hydroxyl groups is 1. The van der Waals surface area contributed by atoms with Gasteiger partial charge in [-0.25, -0.2) is 23.5 Å². The van der Waals surface area contributed by atoms with E-state index in [0.717, 1.165) is 32.3 Å². The molecule has 3 aliphatic heterocycles. The molecule has 1 aliphatic carbocycles. The molecule has 6 rings (SSSR count). The van der Waals surface area contributed by atoms with E-state index in [1.54, 1.807) is 30.3 Å². The molecule has 2 saturated heterocycles. The minimum absolute atomic E-state index is 0.108. The molecule has 0 spiro atoms. The van der Waals surface area contributed by atoms with Crippen molar-refractivity contribution in [3.05, 3.63) is 51.3 Å². The van der Waals surface area contributed by atoms with Crippen LogP contribution in [0.4, 0.5) is 0 Å². The first-order valence-electron chi connectivity index (χ1n) is 15.2. The third kappa shape index (κ3) is 6.13. The van der Waals surface area contributed by atoms with Crippen LogP contribution in [0.2, 0.25) is 0 Å². The summed E-state index contributed by atoms with van der Waals surface area (Å²) in [5.74, 6) is -3.74. The summed E-state index contributed by atoms with van der Waals surface area (Å²) in [7, 11) is 0. The molecule has 258 valence electrons. The summed E-state index contributed by atoms with van der Waals surface area (Å²) in [5, 5.41) is 15.6. The van der Waals surface area contributed by atoms with Gasteiger partial charge >= 0.3 is 35.3 Å². The van der Waals surface area contributed by atoms with Crippen molar-refractivity contribution in [2.75, 3.05) is 6.61 Å². The lowest BCUT2D eigenvalue weighted by Crippen LogP contribution is -2.62. The molecule has 1 aromatic heterocycles. The van der Waals surface area contributed by atoms with Crippen LogP contribution in [0.5, 0.6) is 0 Å². The van der Waals surface area contributed by atoms with Crippen molar-refractivity contribution < 1.29 is 57.5 Å². The molecular formula is C30H34N4O14. The highest BCUT2D eigenvalue weighted by Gasteiger charge is 2.62. The van der Waals surface area contributed by atoms with Crippen LogP contribution in [-0.4, -0.2) is 104 Å². The number of oxime groups is 1. The fourth-order valence-electron chi connectivity index (χ4n) is 6.63. The smallest absolute Gasteiger partial charge is 0.352 e. The molecule has 4 heterocycles. The van der Waals surface area contributed by atoms with Crippen LogP contribution in [0.15, 0.2) is 45.1 Å². The first-order valence-corrected chi connectivity index (χ1v) is 15.2. The summed E-state index contributed by atoms with van der Waals surface area (Å²) < 4.78 is 36.6. The van der Waals surface area contributed by atoms with Gasteiger partial charge < -0.3 is 38.4 Å². The van der Waals surface area contributed by atoms with Gasteiger partial charge in [0.2, 0.25) is 6.10 Å². The molecule has 1 N–H and O–H groups in total. The van der Waals surface area contributed by atoms with Crippen molar-refractivity contribution in [3.8, 4) is 5.69 Å². The Morgan fingerprint density at radius 3 is 2.17 bits per heavy atom. The molecular weight excluding hydrogens is 640 g/mol. The van der Waals surface area contributed by atoms with Crippen LogP contribution in [0.3, 0.4) is 0 Å². The van der Waals surface area contributed by atoms with Gasteiger partial charge in [-0.3, -0.25) is 19.2 Å². The first-order chi connectivity index (χ1) is 22.9. The maximum absolute atomic E-state index is 13.7. The quantitative estimate of drug-likeness (QED) is 0.153. The molecule has 1 aromatic carbocycles. The van der Waals surface area contributed by atoms with Gasteiger partial charge in [0.05, 0.1) is 17.4 Å². The molecule has 0 amide bonds. The lowest BCUT2D eigenvalue weighted by Gasteiger charge is -2.43. The maximum atomic E-state index is 13.7. The van der Waals surface area contributed by atoms with E-state index in [0.29, 0.717) is 11.4 Å². The molecule has 48 heavy (non-hydrogen) atoms. The predicted molar refractivity (Wildman–Crippen MR) is 157 cm³/mol. The average Bonchev–Trinajstić information content (AvgIpc) is 3.78. The molecule has 18 heteroatoms. The summed E-state index contributed by atoms with van der Waals surface area (Å²) in [6.07, 6.45) is -9.59. The molecule has 18 nitrogen and oxygen atoms in total. The third-order valence-corrected chi connectivity index (χ3v) is 8.51. The summed E-state index contributed by atoms with van der Waals surface area (Å²) in [5.41, 5.74) is -0.562. The van der Waals surface area contributed by atoms with Gasteiger partial charge in [0.1, 0.15) is 31.0 Å². The van der Waals surface area contributed by atoms with Gasteiger partial charge in [-0.15, -0.1) is 0 Å². The molecule has 4 aliphatic rings. The maximum Gasteiger partial charge on any atom is 0.352 e. The van der Waals surface area contributed by atoms with Gasteiger partial charge in [-0.2, -0.15) is 0 Å². The van der Waals surface area contributed by atoms with Crippen molar-refractivity contribution in [3.63, 3.8) is 0 Å². The number of benzene rings is 1. The van der Waals surface area contributed by atoms with Crippen molar-refractivity contribution >= 4 is 29.6 Å². The first kappa shape index (κ1) is 33.1. The van der Waals surface area contributed by atoms with E-state index in [-0.39, 0.29) is 13.0 Å². The fourth-order valence-corrected chi connectivity index (χ4v) is 6.63. The summed E-state index contributed by atoms with van der Waals surface area (Å²) in [6, 6.07) is 7.43. The van der Waals surface area contributed by atoms with E-state index in [2.05, 4.69) is 5.16 Å². The van der Waals surface area contributed by atoms with Gasteiger partial charge in [-0.1, -0.05) is 23.4 Å². The van der Waals surface area contributed by atoms with Crippen LogP contribution in [0.25, 0.3) is 5.69 Å². The monoisotopic (exact) mass is 674 g/mol. The molecule has 1 unspecified atom stereocenters. The Balaban J connectivity index is 1.35. The Morgan fingerprint density at radius 2 is 1.52 bits per heavy atom. The number of esters is 4. The van der Waals surface area contributed by atoms with Crippen molar-refractivity contribution in [1.82, 2.24) is 13.9 Å². The number of epoxide rings is 1. The molecule has 0 radical (unpaired) electrons. The lowest BCUT2D eigenvalue weighted by atomic mass is 9.78. The van der Waals surface area contributed by atoms with E-state index in [1.165, 1.54) is 9.36 Å². The number of rotatable bonds is 8. The minimum atomic E-state index is -1.59. The summed E-state index contributed by atoms with van der Waals surface area (Å²) in [6.45, 7) is 4.09. The van der Waals surface area contributed by atoms with Gasteiger partial charge in [0.25, 0.3) is 6.29 Å². The second kappa shape index (κ2) is 13.0. The average molecular weight is 675 g/mol. The zero-order valence-electron chi connectivity index (χ0n) is 26.3. The number of nitrogens with zero attached hydrogens (tertiary/aromatic N) is 4. The van der Waals surface area contributed by atoms with Crippen molar-refractivity contribution in [1.29, 1.82) is 0 Å². The number of fused-ring (bicyclic) bond motifs is 4. The Bertz CT molecular complexity index is 1750. The third-order valence-electron chi connectivity index (χ3n) is 8.51. The van der Waals surface area contributed by atoms with Gasteiger partial charge in [0, 0.05) is 40.2 Å². The topological polar surface area (TPSA) is 218 Å². The number of para-hydroxylation sites is 1. The number of hydrogen-bond acceptors (Lipinski definition) is 15. The standard InChI is InChI=1S/C30H34N4O14/c1-13(35)42-12-19-23(43-14(2)36)26(44-15(3)37)27(45-16(4)38)28(46-19)48-31-20-18-10-11-32-29(40)33(17-8-6-5-7-9-17)30(41)34(32)21(18)22(39)25-24(20)47-25/h5-9,18-19,21-28,39H,10-12H2,1-4H3/b31-20-/t18-,19-,21?,22+,23-,24-,25+,26+,27-,28+/m1/s1. The normalized spacial score (nSPS) is 32.6. The number of carbonyl (C=O) groups excluding carboxylic acids is 4. The van der Waals surface area contributed by atoms with E-state index < -0.39 is 103 Å². The van der Waals surface area contributed by atoms with E-state index >= 15 is 0 Å². The lowest BCUT2D eigenvalue weighted by molar-refractivity contribution is -0.308. The molecule has 0 bridgehead atoms. The Labute approximate surface area is 271 Å². The Morgan fingerprint density at radius 1 is 0.875 bits per heavy atom. The number of aromatic nitrogens is 3.